The van der Waals surface area contributed by atoms with E-state index in [0.29, 0.717) is 17.1 Å². The molecule has 0 bridgehead atoms. The van der Waals surface area contributed by atoms with Crippen LogP contribution in [0, 0.1) is 0 Å². The Morgan fingerprint density at radius 2 is 1.77 bits per heavy atom. The fourth-order valence-electron chi connectivity index (χ4n) is 2.92. The Morgan fingerprint density at radius 1 is 1.00 bits per heavy atom. The van der Waals surface area contributed by atoms with Crippen molar-refractivity contribution in [1.82, 2.24) is 10.4 Å². The maximum atomic E-state index is 12.4. The summed E-state index contributed by atoms with van der Waals surface area (Å²) in [7, 11) is 3.15. The van der Waals surface area contributed by atoms with Gasteiger partial charge in [0.15, 0.2) is 11.5 Å². The van der Waals surface area contributed by atoms with Crippen molar-refractivity contribution in [2.75, 3.05) is 14.2 Å². The zero-order valence-corrected chi connectivity index (χ0v) is 17.3. The predicted molar refractivity (Wildman–Crippen MR) is 120 cm³/mol. The molecule has 0 spiro atoms. The molecule has 4 rings (SSSR count). The van der Waals surface area contributed by atoms with Crippen molar-refractivity contribution in [2.24, 2.45) is 5.10 Å². The minimum absolute atomic E-state index is 0.289. The van der Waals surface area contributed by atoms with Crippen LogP contribution >= 0.6 is 11.3 Å². The van der Waals surface area contributed by atoms with Crippen LogP contribution in [0.4, 0.5) is 0 Å². The molecule has 1 aromatic heterocycles. The van der Waals surface area contributed by atoms with E-state index in [4.69, 9.17) is 9.47 Å². The van der Waals surface area contributed by atoms with E-state index in [-0.39, 0.29) is 5.91 Å². The van der Waals surface area contributed by atoms with E-state index >= 15 is 0 Å². The molecule has 1 N–H and O–H groups in total. The maximum absolute atomic E-state index is 12.4. The highest BCUT2D eigenvalue weighted by Gasteiger charge is 2.09. The standard InChI is InChI=1S/C23H19N3O3S/c1-28-19-12-7-15(13-20(19)29-2)14-24-26-22(27)16-8-10-17(11-9-16)23-25-18-5-3-4-6-21(18)30-23/h3-14H,1-2H3,(H,26,27)/b24-14+. The molecular formula is C23H19N3O3S. The molecule has 150 valence electrons. The molecule has 0 radical (unpaired) electrons. The molecule has 30 heavy (non-hydrogen) atoms. The number of carbonyl (C=O) groups excluding carboxylic acids is 1. The fourth-order valence-corrected chi connectivity index (χ4v) is 3.89. The number of para-hydroxylation sites is 1. The molecule has 0 atom stereocenters. The number of aromatic nitrogens is 1. The van der Waals surface area contributed by atoms with Gasteiger partial charge < -0.3 is 9.47 Å². The fraction of sp³-hybridized carbons (Fsp3) is 0.0870. The van der Waals surface area contributed by atoms with Crippen LogP contribution < -0.4 is 14.9 Å². The molecule has 0 aliphatic carbocycles. The van der Waals surface area contributed by atoms with E-state index in [1.807, 2.05) is 36.4 Å². The van der Waals surface area contributed by atoms with Gasteiger partial charge in [0.1, 0.15) is 5.01 Å². The van der Waals surface area contributed by atoms with Crippen LogP contribution in [0.3, 0.4) is 0 Å². The number of hydrazone groups is 1. The average Bonchev–Trinajstić information content (AvgIpc) is 3.23. The highest BCUT2D eigenvalue weighted by atomic mass is 32.1. The lowest BCUT2D eigenvalue weighted by Gasteiger charge is -2.07. The number of methoxy groups -OCH3 is 2. The number of hydrogen-bond donors (Lipinski definition) is 1. The molecule has 1 amide bonds. The number of carbonyl (C=O) groups is 1. The van der Waals surface area contributed by atoms with Gasteiger partial charge in [-0.3, -0.25) is 4.79 Å². The third-order valence-electron chi connectivity index (χ3n) is 4.48. The van der Waals surface area contributed by atoms with E-state index < -0.39 is 0 Å². The third-order valence-corrected chi connectivity index (χ3v) is 5.56. The molecule has 0 aliphatic heterocycles. The summed E-state index contributed by atoms with van der Waals surface area (Å²) >= 11 is 1.63. The molecule has 6 nitrogen and oxygen atoms in total. The number of hydrogen-bond acceptors (Lipinski definition) is 6. The lowest BCUT2D eigenvalue weighted by Crippen LogP contribution is -2.17. The number of rotatable bonds is 6. The summed E-state index contributed by atoms with van der Waals surface area (Å²) in [5.41, 5.74) is 5.78. The number of ether oxygens (including phenoxy) is 2. The third kappa shape index (κ3) is 4.16. The molecule has 3 aromatic carbocycles. The number of amides is 1. The van der Waals surface area contributed by atoms with Gasteiger partial charge in [0.05, 0.1) is 30.7 Å². The first-order chi connectivity index (χ1) is 14.7. The van der Waals surface area contributed by atoms with Gasteiger partial charge in [-0.15, -0.1) is 11.3 Å². The predicted octanol–water partition coefficient (Wildman–Crippen LogP) is 4.74. The largest absolute Gasteiger partial charge is 0.493 e. The van der Waals surface area contributed by atoms with Gasteiger partial charge in [0.2, 0.25) is 0 Å². The molecular weight excluding hydrogens is 398 g/mol. The van der Waals surface area contributed by atoms with Gasteiger partial charge in [-0.2, -0.15) is 5.10 Å². The number of benzene rings is 3. The monoisotopic (exact) mass is 417 g/mol. The van der Waals surface area contributed by atoms with Gasteiger partial charge in [-0.1, -0.05) is 24.3 Å². The van der Waals surface area contributed by atoms with Crippen molar-refractivity contribution in [3.05, 3.63) is 77.9 Å². The van der Waals surface area contributed by atoms with Gasteiger partial charge in [0, 0.05) is 11.1 Å². The van der Waals surface area contributed by atoms with E-state index in [1.54, 1.807) is 56.0 Å². The summed E-state index contributed by atoms with van der Waals surface area (Å²) in [5, 5.41) is 4.95. The summed E-state index contributed by atoms with van der Waals surface area (Å²) in [6.45, 7) is 0. The number of nitrogens with zero attached hydrogens (tertiary/aromatic N) is 2. The molecule has 7 heteroatoms. The van der Waals surface area contributed by atoms with Crippen molar-refractivity contribution in [3.63, 3.8) is 0 Å². The second-order valence-corrected chi connectivity index (χ2v) is 7.41. The van der Waals surface area contributed by atoms with Crippen LogP contribution in [-0.2, 0) is 0 Å². The van der Waals surface area contributed by atoms with Gasteiger partial charge in [-0.05, 0) is 48.0 Å². The van der Waals surface area contributed by atoms with E-state index in [1.165, 1.54) is 0 Å². The molecule has 0 saturated carbocycles. The minimum Gasteiger partial charge on any atom is -0.493 e. The first kappa shape index (κ1) is 19.6. The van der Waals surface area contributed by atoms with Crippen molar-refractivity contribution < 1.29 is 14.3 Å². The van der Waals surface area contributed by atoms with Crippen LogP contribution in [0.15, 0.2) is 71.8 Å². The van der Waals surface area contributed by atoms with E-state index in [0.717, 1.165) is 26.4 Å². The maximum Gasteiger partial charge on any atom is 0.271 e. The first-order valence-electron chi connectivity index (χ1n) is 9.19. The molecule has 1 heterocycles. The lowest BCUT2D eigenvalue weighted by molar-refractivity contribution is 0.0955. The normalized spacial score (nSPS) is 11.0. The number of nitrogens with one attached hydrogen (secondary N) is 1. The Balaban J connectivity index is 1.43. The van der Waals surface area contributed by atoms with Crippen LogP contribution in [-0.4, -0.2) is 31.3 Å². The van der Waals surface area contributed by atoms with E-state index in [2.05, 4.69) is 21.6 Å². The Bertz CT molecular complexity index is 1180. The molecule has 0 saturated heterocycles. The average molecular weight is 417 g/mol. The number of fused-ring (bicyclic) bond motifs is 1. The van der Waals surface area contributed by atoms with E-state index in [9.17, 15) is 4.79 Å². The van der Waals surface area contributed by atoms with Crippen LogP contribution in [0.1, 0.15) is 15.9 Å². The van der Waals surface area contributed by atoms with Crippen LogP contribution in [0.5, 0.6) is 11.5 Å². The summed E-state index contributed by atoms with van der Waals surface area (Å²) in [4.78, 5) is 17.0. The highest BCUT2D eigenvalue weighted by Crippen LogP contribution is 2.30. The Kier molecular flexibility index (Phi) is 5.72. The second-order valence-electron chi connectivity index (χ2n) is 6.38. The lowest BCUT2D eigenvalue weighted by atomic mass is 10.1. The zero-order chi connectivity index (χ0) is 20.9. The van der Waals surface area contributed by atoms with Crippen molar-refractivity contribution >= 4 is 33.7 Å². The first-order valence-corrected chi connectivity index (χ1v) is 10.0. The summed E-state index contributed by atoms with van der Waals surface area (Å²) < 4.78 is 11.6. The highest BCUT2D eigenvalue weighted by molar-refractivity contribution is 7.21. The zero-order valence-electron chi connectivity index (χ0n) is 16.5. The molecule has 4 aromatic rings. The van der Waals surface area contributed by atoms with Crippen LogP contribution in [0.25, 0.3) is 20.8 Å². The smallest absolute Gasteiger partial charge is 0.271 e. The molecule has 0 aliphatic rings. The second kappa shape index (κ2) is 8.75. The number of thiazole rings is 1. The SMILES string of the molecule is COc1ccc(/C=N/NC(=O)c2ccc(-c3nc4ccccc4s3)cc2)cc1OC. The van der Waals surface area contributed by atoms with Crippen molar-refractivity contribution in [1.29, 1.82) is 0 Å². The molecule has 0 unspecified atom stereocenters. The summed E-state index contributed by atoms with van der Waals surface area (Å²) in [5.74, 6) is 0.938. The van der Waals surface area contributed by atoms with Crippen molar-refractivity contribution in [2.45, 2.75) is 0 Å². The Morgan fingerprint density at radius 3 is 2.50 bits per heavy atom. The van der Waals surface area contributed by atoms with Gasteiger partial charge in [-0.25, -0.2) is 10.4 Å². The van der Waals surface area contributed by atoms with Gasteiger partial charge in [0.25, 0.3) is 5.91 Å². The quantitative estimate of drug-likeness (QED) is 0.363. The summed E-state index contributed by atoms with van der Waals surface area (Å²) in [6.07, 6.45) is 1.55. The Labute approximate surface area is 177 Å². The van der Waals surface area contributed by atoms with Crippen LogP contribution in [0.2, 0.25) is 0 Å². The molecule has 0 fully saturated rings. The summed E-state index contributed by atoms with van der Waals surface area (Å²) in [6, 6.07) is 20.7. The topological polar surface area (TPSA) is 72.8 Å². The minimum atomic E-state index is -0.289. The van der Waals surface area contributed by atoms with Gasteiger partial charge >= 0.3 is 0 Å². The Hall–Kier alpha value is -3.71. The van der Waals surface area contributed by atoms with Crippen molar-refractivity contribution in [3.8, 4) is 22.1 Å².